The third kappa shape index (κ3) is 2.94. The molecule has 2 atom stereocenters. The van der Waals surface area contributed by atoms with Crippen LogP contribution in [0.3, 0.4) is 0 Å². The Hall–Kier alpha value is -1.99. The fourth-order valence-electron chi connectivity index (χ4n) is 3.03. The summed E-state index contributed by atoms with van der Waals surface area (Å²) in [5, 5.41) is 10.9. The van der Waals surface area contributed by atoms with E-state index in [0.717, 1.165) is 0 Å². The zero-order valence-electron chi connectivity index (χ0n) is 12.7. The van der Waals surface area contributed by atoms with Crippen molar-refractivity contribution in [2.45, 2.75) is 25.5 Å². The molecule has 2 heterocycles. The molecule has 0 bridgehead atoms. The van der Waals surface area contributed by atoms with Crippen LogP contribution in [0.5, 0.6) is 0 Å². The first-order valence-electron chi connectivity index (χ1n) is 7.50. The topological polar surface area (TPSA) is 87.6 Å². The van der Waals surface area contributed by atoms with E-state index in [2.05, 4.69) is 4.98 Å². The molecule has 0 spiro atoms. The number of aliphatic hydroxyl groups is 1. The quantitative estimate of drug-likeness (QED) is 0.872. The van der Waals surface area contributed by atoms with Gasteiger partial charge < -0.3 is 19.7 Å². The zero-order chi connectivity index (χ0) is 16.6. The lowest BCUT2D eigenvalue weighted by atomic mass is 10.0. The minimum atomic E-state index is -0.847. The summed E-state index contributed by atoms with van der Waals surface area (Å²) >= 11 is 5.94. The van der Waals surface area contributed by atoms with Crippen LogP contribution in [0.4, 0.5) is 4.79 Å². The van der Waals surface area contributed by atoms with E-state index >= 15 is 0 Å². The van der Waals surface area contributed by atoms with Gasteiger partial charge in [0.2, 0.25) is 0 Å². The first-order valence-corrected chi connectivity index (χ1v) is 7.88. The van der Waals surface area contributed by atoms with E-state index in [4.69, 9.17) is 16.3 Å². The number of benzene rings is 1. The molecule has 124 valence electrons. The lowest BCUT2D eigenvalue weighted by molar-refractivity contribution is 0.0212. The second kappa shape index (κ2) is 6.25. The van der Waals surface area contributed by atoms with Crippen LogP contribution >= 0.6 is 11.6 Å². The lowest BCUT2D eigenvalue weighted by Gasteiger charge is -2.35. The van der Waals surface area contributed by atoms with Gasteiger partial charge in [-0.05, 0) is 31.5 Å². The summed E-state index contributed by atoms with van der Waals surface area (Å²) < 4.78 is 6.49. The molecule has 1 fully saturated rings. The van der Waals surface area contributed by atoms with Crippen LogP contribution in [-0.4, -0.2) is 51.5 Å². The number of piperidine rings is 1. The normalized spacial score (nSPS) is 21.6. The average molecular weight is 340 g/mol. The lowest BCUT2D eigenvalue weighted by Crippen LogP contribution is -2.48. The van der Waals surface area contributed by atoms with E-state index in [1.165, 1.54) is 4.90 Å². The maximum atomic E-state index is 12.3. The van der Waals surface area contributed by atoms with Crippen molar-refractivity contribution in [3.63, 3.8) is 0 Å². The number of rotatable bonds is 2. The van der Waals surface area contributed by atoms with Crippen LogP contribution < -0.4 is 5.69 Å². The van der Waals surface area contributed by atoms with E-state index in [-0.39, 0.29) is 18.8 Å². The molecule has 2 N–H and O–H groups in total. The minimum Gasteiger partial charge on any atom is -0.450 e. The van der Waals surface area contributed by atoms with E-state index in [1.807, 2.05) is 0 Å². The first kappa shape index (κ1) is 15.9. The van der Waals surface area contributed by atoms with Crippen LogP contribution in [0.2, 0.25) is 5.02 Å². The summed E-state index contributed by atoms with van der Waals surface area (Å²) in [7, 11) is 0. The molecule has 1 aromatic heterocycles. The highest BCUT2D eigenvalue weighted by Gasteiger charge is 2.33. The van der Waals surface area contributed by atoms with Crippen molar-refractivity contribution < 1.29 is 14.6 Å². The summed E-state index contributed by atoms with van der Waals surface area (Å²) in [5.74, 6) is 0. The largest absolute Gasteiger partial charge is 0.450 e. The second-order valence-corrected chi connectivity index (χ2v) is 5.97. The standard InChI is InChI=1S/C15H18ClN3O4/c1-2-23-15(22)18-6-5-12(13(20)8-18)19-11-4-3-9(16)7-10(11)17-14(19)21/h3-4,7,12-13,20H,2,5-6,8H2,1H3,(H,17,21). The number of halogens is 1. The molecule has 8 heteroatoms. The number of aromatic amines is 1. The molecule has 1 aromatic carbocycles. The van der Waals surface area contributed by atoms with Crippen molar-refractivity contribution in [3.05, 3.63) is 33.7 Å². The third-order valence-corrected chi connectivity index (χ3v) is 4.32. The Morgan fingerprint density at radius 1 is 1.52 bits per heavy atom. The van der Waals surface area contributed by atoms with Gasteiger partial charge in [0.25, 0.3) is 0 Å². The number of carbonyl (C=O) groups excluding carboxylic acids is 1. The van der Waals surface area contributed by atoms with Gasteiger partial charge in [-0.1, -0.05) is 11.6 Å². The number of imidazole rings is 1. The van der Waals surface area contributed by atoms with E-state index in [0.29, 0.717) is 29.0 Å². The van der Waals surface area contributed by atoms with Crippen LogP contribution in [-0.2, 0) is 4.74 Å². The number of hydrogen-bond acceptors (Lipinski definition) is 4. The van der Waals surface area contributed by atoms with Crippen molar-refractivity contribution in [2.24, 2.45) is 0 Å². The summed E-state index contributed by atoms with van der Waals surface area (Å²) in [5.41, 5.74) is 1.02. The number of likely N-dealkylation sites (tertiary alicyclic amines) is 1. The van der Waals surface area contributed by atoms with Gasteiger partial charge in [0.15, 0.2) is 0 Å². The molecule has 1 saturated heterocycles. The average Bonchev–Trinajstić information content (AvgIpc) is 2.82. The van der Waals surface area contributed by atoms with E-state index < -0.39 is 18.2 Å². The van der Waals surface area contributed by atoms with E-state index in [9.17, 15) is 14.7 Å². The highest BCUT2D eigenvalue weighted by molar-refractivity contribution is 6.31. The van der Waals surface area contributed by atoms with Crippen molar-refractivity contribution >= 4 is 28.7 Å². The summed E-state index contributed by atoms with van der Waals surface area (Å²) in [6, 6.07) is 4.73. The van der Waals surface area contributed by atoms with Gasteiger partial charge in [0.1, 0.15) is 0 Å². The molecule has 1 aliphatic rings. The first-order chi connectivity index (χ1) is 11.0. The van der Waals surface area contributed by atoms with Crippen molar-refractivity contribution in [1.82, 2.24) is 14.5 Å². The fourth-order valence-corrected chi connectivity index (χ4v) is 3.21. The molecule has 2 aromatic rings. The Morgan fingerprint density at radius 2 is 2.30 bits per heavy atom. The number of carbonyl (C=O) groups is 1. The molecule has 2 unspecified atom stereocenters. The van der Waals surface area contributed by atoms with Crippen molar-refractivity contribution in [1.29, 1.82) is 0 Å². The molecule has 23 heavy (non-hydrogen) atoms. The van der Waals surface area contributed by atoms with Gasteiger partial charge >= 0.3 is 11.8 Å². The minimum absolute atomic E-state index is 0.135. The smallest absolute Gasteiger partial charge is 0.409 e. The van der Waals surface area contributed by atoms with Gasteiger partial charge in [-0.3, -0.25) is 4.57 Å². The number of H-pyrrole nitrogens is 1. The SMILES string of the molecule is CCOC(=O)N1CCC(n2c(=O)[nH]c3cc(Cl)ccc32)C(O)C1. The Kier molecular flexibility index (Phi) is 4.32. The van der Waals surface area contributed by atoms with Gasteiger partial charge in [0, 0.05) is 11.6 Å². The number of β-amino-alcohol motifs (C(OH)–C–C–N with tert-alkyl or cyclic N) is 1. The van der Waals surface area contributed by atoms with Gasteiger partial charge in [-0.15, -0.1) is 0 Å². The molecule has 1 amide bonds. The molecule has 7 nitrogen and oxygen atoms in total. The monoisotopic (exact) mass is 339 g/mol. The van der Waals surface area contributed by atoms with Gasteiger partial charge in [0.05, 0.1) is 36.3 Å². The highest BCUT2D eigenvalue weighted by Crippen LogP contribution is 2.26. The van der Waals surface area contributed by atoms with Crippen LogP contribution in [0.25, 0.3) is 11.0 Å². The summed E-state index contributed by atoms with van der Waals surface area (Å²) in [6.45, 7) is 2.58. The fraction of sp³-hybridized carbons (Fsp3) is 0.467. The van der Waals surface area contributed by atoms with Crippen LogP contribution in [0, 0.1) is 0 Å². The Labute approximate surface area is 137 Å². The number of fused-ring (bicyclic) bond motifs is 1. The highest BCUT2D eigenvalue weighted by atomic mass is 35.5. The number of aromatic nitrogens is 2. The maximum Gasteiger partial charge on any atom is 0.409 e. The van der Waals surface area contributed by atoms with Gasteiger partial charge in [-0.25, -0.2) is 9.59 Å². The zero-order valence-corrected chi connectivity index (χ0v) is 13.4. The van der Waals surface area contributed by atoms with Gasteiger partial charge in [-0.2, -0.15) is 0 Å². The predicted octanol–water partition coefficient (Wildman–Crippen LogP) is 1.75. The molecular formula is C15H18ClN3O4. The van der Waals surface area contributed by atoms with Crippen LogP contribution in [0.15, 0.2) is 23.0 Å². The number of amides is 1. The third-order valence-electron chi connectivity index (χ3n) is 4.08. The number of hydrogen-bond donors (Lipinski definition) is 2. The number of nitrogens with one attached hydrogen (secondary N) is 1. The Bertz CT molecular complexity index is 785. The number of aliphatic hydroxyl groups excluding tert-OH is 1. The predicted molar refractivity (Wildman–Crippen MR) is 85.8 cm³/mol. The molecule has 3 rings (SSSR count). The van der Waals surface area contributed by atoms with E-state index in [1.54, 1.807) is 29.7 Å². The second-order valence-electron chi connectivity index (χ2n) is 5.53. The molecule has 0 saturated carbocycles. The van der Waals surface area contributed by atoms with Crippen molar-refractivity contribution in [3.8, 4) is 0 Å². The molecule has 1 aliphatic heterocycles. The van der Waals surface area contributed by atoms with Crippen LogP contribution in [0.1, 0.15) is 19.4 Å². The van der Waals surface area contributed by atoms with Crippen molar-refractivity contribution in [2.75, 3.05) is 19.7 Å². The summed E-state index contributed by atoms with van der Waals surface area (Å²) in [4.78, 5) is 28.2. The molecular weight excluding hydrogens is 322 g/mol. The molecule has 0 radical (unpaired) electrons. The Morgan fingerprint density at radius 3 is 3.00 bits per heavy atom. The number of ether oxygens (including phenoxy) is 1. The summed E-state index contributed by atoms with van der Waals surface area (Å²) in [6.07, 6.45) is -0.821. The molecule has 0 aliphatic carbocycles. The maximum absolute atomic E-state index is 12.3. The Balaban J connectivity index is 1.88. The number of nitrogens with zero attached hydrogens (tertiary/aromatic N) is 2.